The van der Waals surface area contributed by atoms with Gasteiger partial charge in [0.1, 0.15) is 5.82 Å². The number of benzene rings is 2. The molecule has 2 aromatic rings. The van der Waals surface area contributed by atoms with Gasteiger partial charge in [-0.2, -0.15) is 0 Å². The zero-order valence-electron chi connectivity index (χ0n) is 11.5. The minimum Gasteiger partial charge on any atom is -0.399 e. The number of benzodiazepines with no additional fused rings is 1. The van der Waals surface area contributed by atoms with Gasteiger partial charge in [0.15, 0.2) is 0 Å². The van der Waals surface area contributed by atoms with E-state index in [1.165, 1.54) is 6.07 Å². The van der Waals surface area contributed by atoms with Gasteiger partial charge in [0.05, 0.1) is 18.3 Å². The van der Waals surface area contributed by atoms with Crippen molar-refractivity contribution < 1.29 is 4.39 Å². The minimum absolute atomic E-state index is 0.0247. The average Bonchev–Trinajstić information content (AvgIpc) is 2.67. The number of rotatable bonds is 2. The third-order valence-corrected chi connectivity index (χ3v) is 3.54. The van der Waals surface area contributed by atoms with E-state index in [1.54, 1.807) is 18.2 Å². The highest BCUT2D eigenvalue weighted by Gasteiger charge is 2.20. The van der Waals surface area contributed by atoms with E-state index in [9.17, 15) is 4.39 Å². The molecule has 1 aliphatic rings. The molecule has 0 saturated carbocycles. The number of anilines is 2. The van der Waals surface area contributed by atoms with Crippen LogP contribution in [0.4, 0.5) is 15.8 Å². The number of nitrogens with zero attached hydrogens (tertiary/aromatic N) is 1. The van der Waals surface area contributed by atoms with Gasteiger partial charge in [-0.25, -0.2) is 4.39 Å². The van der Waals surface area contributed by atoms with E-state index < -0.39 is 0 Å². The number of aliphatic imine (C=N–C) groups is 1. The number of hydrogen-bond acceptors (Lipinski definition) is 4. The van der Waals surface area contributed by atoms with E-state index in [0.29, 0.717) is 30.1 Å². The summed E-state index contributed by atoms with van der Waals surface area (Å²) in [6, 6.07) is 12.2. The molecule has 1 atom stereocenters. The minimum atomic E-state index is -0.296. The molecule has 1 heterocycles. The highest BCUT2D eigenvalue weighted by molar-refractivity contribution is 6.16. The maximum atomic E-state index is 14.1. The summed E-state index contributed by atoms with van der Waals surface area (Å²) in [6.45, 7) is 0.951. The van der Waals surface area contributed by atoms with Crippen LogP contribution in [0.5, 0.6) is 0 Å². The van der Waals surface area contributed by atoms with Crippen molar-refractivity contribution in [3.05, 3.63) is 59.4 Å². The molecule has 1 aliphatic heterocycles. The van der Waals surface area contributed by atoms with Crippen LogP contribution < -0.4 is 16.8 Å². The van der Waals surface area contributed by atoms with E-state index in [-0.39, 0.29) is 11.9 Å². The molecule has 108 valence electrons. The number of fused-ring (bicyclic) bond motifs is 1. The Morgan fingerprint density at radius 3 is 2.76 bits per heavy atom. The van der Waals surface area contributed by atoms with Crippen molar-refractivity contribution in [1.82, 2.24) is 0 Å². The van der Waals surface area contributed by atoms with Gasteiger partial charge in [0, 0.05) is 29.0 Å². The standard InChI is InChI=1S/C16H17FN4/c17-14-4-2-1-3-12(14)16-13-7-10(19)5-6-15(13)21-11(8-18)9-20-16/h1-7,11,21H,8-9,18-19H2. The first-order valence-electron chi connectivity index (χ1n) is 6.85. The summed E-state index contributed by atoms with van der Waals surface area (Å²) in [5.41, 5.74) is 15.0. The van der Waals surface area contributed by atoms with Crippen LogP contribution in [-0.2, 0) is 0 Å². The largest absolute Gasteiger partial charge is 0.399 e. The van der Waals surface area contributed by atoms with Gasteiger partial charge in [0.2, 0.25) is 0 Å². The first-order chi connectivity index (χ1) is 10.2. The molecule has 0 aromatic heterocycles. The van der Waals surface area contributed by atoms with Gasteiger partial charge in [-0.05, 0) is 30.3 Å². The van der Waals surface area contributed by atoms with E-state index in [0.717, 1.165) is 11.3 Å². The van der Waals surface area contributed by atoms with E-state index in [4.69, 9.17) is 11.5 Å². The molecular formula is C16H17FN4. The second-order valence-corrected chi connectivity index (χ2v) is 5.05. The van der Waals surface area contributed by atoms with Crippen LogP contribution in [0.25, 0.3) is 0 Å². The first-order valence-corrected chi connectivity index (χ1v) is 6.85. The summed E-state index contributed by atoms with van der Waals surface area (Å²) in [7, 11) is 0. The zero-order chi connectivity index (χ0) is 14.8. The number of nitrogens with two attached hydrogens (primary N) is 2. The molecule has 0 amide bonds. The Morgan fingerprint density at radius 2 is 2.00 bits per heavy atom. The first kappa shape index (κ1) is 13.6. The lowest BCUT2D eigenvalue weighted by molar-refractivity contribution is 0.625. The van der Waals surface area contributed by atoms with Crippen molar-refractivity contribution in [1.29, 1.82) is 0 Å². The van der Waals surface area contributed by atoms with Gasteiger partial charge < -0.3 is 16.8 Å². The predicted molar refractivity (Wildman–Crippen MR) is 84.2 cm³/mol. The van der Waals surface area contributed by atoms with Gasteiger partial charge in [0.25, 0.3) is 0 Å². The quantitative estimate of drug-likeness (QED) is 0.738. The Bertz CT molecular complexity index is 696. The maximum absolute atomic E-state index is 14.1. The Morgan fingerprint density at radius 1 is 1.19 bits per heavy atom. The van der Waals surface area contributed by atoms with E-state index in [1.807, 2.05) is 18.2 Å². The molecule has 4 nitrogen and oxygen atoms in total. The summed E-state index contributed by atoms with van der Waals surface area (Å²) < 4.78 is 14.1. The molecule has 0 saturated heterocycles. The number of nitrogen functional groups attached to an aromatic ring is 1. The molecule has 5 heteroatoms. The summed E-state index contributed by atoms with van der Waals surface area (Å²) in [5, 5.41) is 3.34. The van der Waals surface area contributed by atoms with Crippen LogP contribution in [0.1, 0.15) is 11.1 Å². The second-order valence-electron chi connectivity index (χ2n) is 5.05. The average molecular weight is 284 g/mol. The molecule has 21 heavy (non-hydrogen) atoms. The Labute approximate surface area is 122 Å². The molecule has 3 rings (SSSR count). The fourth-order valence-electron chi connectivity index (χ4n) is 2.45. The lowest BCUT2D eigenvalue weighted by atomic mass is 9.99. The Balaban J connectivity index is 2.18. The van der Waals surface area contributed by atoms with Crippen molar-refractivity contribution in [3.63, 3.8) is 0 Å². The zero-order valence-corrected chi connectivity index (χ0v) is 11.5. The van der Waals surface area contributed by atoms with Gasteiger partial charge in [-0.15, -0.1) is 0 Å². The van der Waals surface area contributed by atoms with Crippen molar-refractivity contribution in [3.8, 4) is 0 Å². The van der Waals surface area contributed by atoms with Crippen molar-refractivity contribution >= 4 is 17.1 Å². The Hall–Kier alpha value is -2.40. The van der Waals surface area contributed by atoms with Crippen molar-refractivity contribution in [2.45, 2.75) is 6.04 Å². The highest BCUT2D eigenvalue weighted by atomic mass is 19.1. The van der Waals surface area contributed by atoms with Crippen LogP contribution in [0.2, 0.25) is 0 Å². The van der Waals surface area contributed by atoms with Crippen LogP contribution in [-0.4, -0.2) is 24.8 Å². The third kappa shape index (κ3) is 2.60. The molecule has 5 N–H and O–H groups in total. The smallest absolute Gasteiger partial charge is 0.132 e. The van der Waals surface area contributed by atoms with Crippen molar-refractivity contribution in [2.75, 3.05) is 24.1 Å². The van der Waals surface area contributed by atoms with E-state index in [2.05, 4.69) is 10.3 Å². The van der Waals surface area contributed by atoms with Crippen LogP contribution in [0.3, 0.4) is 0 Å². The normalized spacial score (nSPS) is 17.4. The van der Waals surface area contributed by atoms with Gasteiger partial charge >= 0.3 is 0 Å². The van der Waals surface area contributed by atoms with E-state index >= 15 is 0 Å². The van der Waals surface area contributed by atoms with Crippen LogP contribution in [0, 0.1) is 5.82 Å². The molecule has 0 spiro atoms. The summed E-state index contributed by atoms with van der Waals surface area (Å²) in [5.74, 6) is -0.296. The van der Waals surface area contributed by atoms with Gasteiger partial charge in [-0.3, -0.25) is 4.99 Å². The van der Waals surface area contributed by atoms with Gasteiger partial charge in [-0.1, -0.05) is 12.1 Å². The molecule has 0 bridgehead atoms. The molecule has 0 aliphatic carbocycles. The molecule has 1 unspecified atom stereocenters. The van der Waals surface area contributed by atoms with Crippen LogP contribution >= 0.6 is 0 Å². The number of halogens is 1. The summed E-state index contributed by atoms with van der Waals surface area (Å²) >= 11 is 0. The lowest BCUT2D eigenvalue weighted by Crippen LogP contribution is -2.31. The second kappa shape index (κ2) is 5.54. The predicted octanol–water partition coefficient (Wildman–Crippen LogP) is 2.00. The fraction of sp³-hybridized carbons (Fsp3) is 0.188. The highest BCUT2D eigenvalue weighted by Crippen LogP contribution is 2.26. The topological polar surface area (TPSA) is 76.4 Å². The summed E-state index contributed by atoms with van der Waals surface area (Å²) in [4.78, 5) is 4.57. The molecule has 0 fully saturated rings. The lowest BCUT2D eigenvalue weighted by Gasteiger charge is -2.15. The SMILES string of the molecule is NCC1CN=C(c2ccccc2F)c2cc(N)ccc2N1. The fourth-order valence-corrected chi connectivity index (χ4v) is 2.45. The number of nitrogens with one attached hydrogen (secondary N) is 1. The summed E-state index contributed by atoms with van der Waals surface area (Å²) in [6.07, 6.45) is 0. The molecule has 2 aromatic carbocycles. The molecule has 0 radical (unpaired) electrons. The van der Waals surface area contributed by atoms with Crippen LogP contribution in [0.15, 0.2) is 47.5 Å². The van der Waals surface area contributed by atoms with Crippen molar-refractivity contribution in [2.24, 2.45) is 10.7 Å². The monoisotopic (exact) mass is 284 g/mol. The number of hydrogen-bond donors (Lipinski definition) is 3. The third-order valence-electron chi connectivity index (χ3n) is 3.54. The Kier molecular flexibility index (Phi) is 3.58. The molecular weight excluding hydrogens is 267 g/mol. The maximum Gasteiger partial charge on any atom is 0.132 e.